The van der Waals surface area contributed by atoms with Crippen LogP contribution in [-0.2, 0) is 15.9 Å². The lowest BCUT2D eigenvalue weighted by molar-refractivity contribution is 0.0162. The molecule has 0 radical (unpaired) electrons. The van der Waals surface area contributed by atoms with Gasteiger partial charge in [0.1, 0.15) is 11.5 Å². The molecular weight excluding hydrogens is 389 g/mol. The quantitative estimate of drug-likeness (QED) is 0.677. The highest BCUT2D eigenvalue weighted by molar-refractivity contribution is 6.00. The Balaban J connectivity index is 1.80. The van der Waals surface area contributed by atoms with Gasteiger partial charge < -0.3 is 19.8 Å². The predicted octanol–water partition coefficient (Wildman–Crippen LogP) is 2.61. The van der Waals surface area contributed by atoms with Crippen molar-refractivity contribution in [2.75, 3.05) is 40.0 Å². The maximum absolute atomic E-state index is 13.4. The molecule has 7 nitrogen and oxygen atoms in total. The van der Waals surface area contributed by atoms with Gasteiger partial charge >= 0.3 is 5.97 Å². The van der Waals surface area contributed by atoms with Crippen LogP contribution in [0.4, 0.5) is 4.39 Å². The molecule has 2 N–H and O–H groups in total. The van der Waals surface area contributed by atoms with Gasteiger partial charge in [0.05, 0.1) is 31.9 Å². The number of hydrogen-bond acceptors (Lipinski definition) is 5. The summed E-state index contributed by atoms with van der Waals surface area (Å²) < 4.78 is 23.7. The van der Waals surface area contributed by atoms with Crippen LogP contribution in [-0.4, -0.2) is 61.7 Å². The number of aromatic amines is 1. The monoisotopic (exact) mass is 417 g/mol. The minimum atomic E-state index is -0.461. The van der Waals surface area contributed by atoms with E-state index in [0.717, 1.165) is 18.7 Å². The number of carbonyl (C=O) groups excluding carboxylic acids is 2. The lowest BCUT2D eigenvalue weighted by Crippen LogP contribution is -2.44. The number of aromatic nitrogens is 1. The Morgan fingerprint density at radius 3 is 2.53 bits per heavy atom. The number of rotatable bonds is 7. The zero-order valence-corrected chi connectivity index (χ0v) is 17.6. The predicted molar refractivity (Wildman–Crippen MR) is 110 cm³/mol. The molecule has 0 spiro atoms. The first kappa shape index (κ1) is 22.0. The van der Waals surface area contributed by atoms with Crippen LogP contribution in [0.15, 0.2) is 24.3 Å². The first-order valence-electron chi connectivity index (χ1n) is 10.1. The van der Waals surface area contributed by atoms with Crippen LogP contribution in [0.2, 0.25) is 0 Å². The van der Waals surface area contributed by atoms with Crippen LogP contribution in [0.5, 0.6) is 0 Å². The number of nitrogens with zero attached hydrogens (tertiary/aromatic N) is 1. The lowest BCUT2D eigenvalue weighted by Gasteiger charge is -2.35. The summed E-state index contributed by atoms with van der Waals surface area (Å²) in [5, 5.41) is 2.97. The Morgan fingerprint density at radius 2 is 1.93 bits per heavy atom. The normalized spacial score (nSPS) is 15.6. The number of amides is 1. The van der Waals surface area contributed by atoms with E-state index in [4.69, 9.17) is 9.47 Å². The van der Waals surface area contributed by atoms with Gasteiger partial charge in [-0.1, -0.05) is 19.1 Å². The number of nitrogens with one attached hydrogen (secondary N) is 2. The number of methoxy groups -OCH3 is 1. The van der Waals surface area contributed by atoms with E-state index in [0.29, 0.717) is 48.7 Å². The summed E-state index contributed by atoms with van der Waals surface area (Å²) in [7, 11) is 1.32. The third kappa shape index (κ3) is 4.71. The summed E-state index contributed by atoms with van der Waals surface area (Å²) >= 11 is 0. The highest BCUT2D eigenvalue weighted by Crippen LogP contribution is 2.23. The van der Waals surface area contributed by atoms with Crippen LogP contribution >= 0.6 is 0 Å². The Hall–Kier alpha value is -2.71. The van der Waals surface area contributed by atoms with Gasteiger partial charge in [0.2, 0.25) is 0 Å². The molecule has 0 aliphatic carbocycles. The second-order valence-corrected chi connectivity index (χ2v) is 7.25. The molecule has 2 aromatic rings. The average Bonchev–Trinajstić information content (AvgIpc) is 3.11. The first-order valence-corrected chi connectivity index (χ1v) is 10.1. The second-order valence-electron chi connectivity index (χ2n) is 7.25. The van der Waals surface area contributed by atoms with Gasteiger partial charge in [-0.3, -0.25) is 9.69 Å². The number of carbonyl (C=O) groups is 2. The van der Waals surface area contributed by atoms with E-state index in [9.17, 15) is 14.0 Å². The molecule has 0 saturated carbocycles. The molecule has 1 fully saturated rings. The summed E-state index contributed by atoms with van der Waals surface area (Å²) in [6, 6.07) is 6.23. The zero-order valence-electron chi connectivity index (χ0n) is 17.6. The summed E-state index contributed by atoms with van der Waals surface area (Å²) in [5.41, 5.74) is 2.93. The van der Waals surface area contributed by atoms with Gasteiger partial charge in [-0.15, -0.1) is 0 Å². The van der Waals surface area contributed by atoms with Gasteiger partial charge in [0, 0.05) is 25.3 Å². The van der Waals surface area contributed by atoms with Gasteiger partial charge in [0.15, 0.2) is 0 Å². The number of esters is 1. The first-order chi connectivity index (χ1) is 14.5. The number of morpholine rings is 1. The van der Waals surface area contributed by atoms with Crippen LogP contribution in [0.25, 0.3) is 0 Å². The summed E-state index contributed by atoms with van der Waals surface area (Å²) in [5.74, 6) is -1.05. The highest BCUT2D eigenvalue weighted by atomic mass is 19.1. The van der Waals surface area contributed by atoms with Crippen LogP contribution < -0.4 is 5.32 Å². The van der Waals surface area contributed by atoms with E-state index in [1.165, 1.54) is 19.2 Å². The number of H-pyrrole nitrogens is 1. The van der Waals surface area contributed by atoms with Crippen molar-refractivity contribution < 1.29 is 23.5 Å². The van der Waals surface area contributed by atoms with Crippen molar-refractivity contribution in [2.45, 2.75) is 26.3 Å². The highest BCUT2D eigenvalue weighted by Gasteiger charge is 2.26. The van der Waals surface area contributed by atoms with Crippen molar-refractivity contribution in [3.63, 3.8) is 0 Å². The molecule has 1 aliphatic heterocycles. The molecule has 1 amide bonds. The third-order valence-corrected chi connectivity index (χ3v) is 5.49. The molecule has 1 saturated heterocycles. The summed E-state index contributed by atoms with van der Waals surface area (Å²) in [4.78, 5) is 30.3. The Kier molecular flexibility index (Phi) is 7.23. The molecule has 3 rings (SSSR count). The number of hydrogen-bond donors (Lipinski definition) is 2. The lowest BCUT2D eigenvalue weighted by atomic mass is 10.0. The largest absolute Gasteiger partial charge is 0.465 e. The van der Waals surface area contributed by atoms with Crippen molar-refractivity contribution in [1.29, 1.82) is 0 Å². The minimum absolute atomic E-state index is 0.112. The van der Waals surface area contributed by atoms with Crippen molar-refractivity contribution in [3.8, 4) is 0 Å². The third-order valence-electron chi connectivity index (χ3n) is 5.49. The second kappa shape index (κ2) is 9.86. The van der Waals surface area contributed by atoms with E-state index < -0.39 is 5.97 Å². The molecule has 8 heteroatoms. The smallest absolute Gasteiger partial charge is 0.339 e. The maximum Gasteiger partial charge on any atom is 0.339 e. The fourth-order valence-corrected chi connectivity index (χ4v) is 3.84. The fraction of sp³-hybridized carbons (Fsp3) is 0.455. The van der Waals surface area contributed by atoms with Crippen LogP contribution in [0, 0.1) is 12.7 Å². The van der Waals surface area contributed by atoms with Crippen molar-refractivity contribution in [1.82, 2.24) is 15.2 Å². The van der Waals surface area contributed by atoms with E-state index in [1.807, 2.05) is 6.92 Å². The summed E-state index contributed by atoms with van der Waals surface area (Å²) in [6.07, 6.45) is 0.574. The fourth-order valence-electron chi connectivity index (χ4n) is 3.84. The minimum Gasteiger partial charge on any atom is -0.465 e. The van der Waals surface area contributed by atoms with Gasteiger partial charge in [-0.2, -0.15) is 0 Å². The van der Waals surface area contributed by atoms with Crippen molar-refractivity contribution in [2.24, 2.45) is 0 Å². The molecule has 1 aromatic carbocycles. The van der Waals surface area contributed by atoms with Crippen molar-refractivity contribution >= 4 is 11.9 Å². The maximum atomic E-state index is 13.4. The number of benzene rings is 1. The van der Waals surface area contributed by atoms with E-state index in [2.05, 4.69) is 15.2 Å². The molecule has 1 unspecified atom stereocenters. The van der Waals surface area contributed by atoms with Gasteiger partial charge in [-0.25, -0.2) is 9.18 Å². The van der Waals surface area contributed by atoms with E-state index in [-0.39, 0.29) is 17.8 Å². The number of halogens is 1. The molecule has 30 heavy (non-hydrogen) atoms. The van der Waals surface area contributed by atoms with Gasteiger partial charge in [0.25, 0.3) is 5.91 Å². The number of aryl methyl sites for hydroxylation is 1. The molecule has 0 bridgehead atoms. The molecule has 2 heterocycles. The molecule has 1 atom stereocenters. The summed E-state index contributed by atoms with van der Waals surface area (Å²) in [6.45, 7) is 6.67. The Morgan fingerprint density at radius 1 is 1.27 bits per heavy atom. The average molecular weight is 417 g/mol. The zero-order chi connectivity index (χ0) is 21.7. The standard InChI is InChI=1S/C22H28FN3O4/c1-4-17-19(22(28)29-3)14(2)20(25-17)21(27)24-13-18(26-9-11-30-12-10-26)15-5-7-16(23)8-6-15/h5-8,18,25H,4,9-13H2,1-3H3,(H,24,27). The van der Waals surface area contributed by atoms with E-state index >= 15 is 0 Å². The molecule has 1 aromatic heterocycles. The SMILES string of the molecule is CCc1[nH]c(C(=O)NCC(c2ccc(F)cc2)N2CCOCC2)c(C)c1C(=O)OC. The van der Waals surface area contributed by atoms with Crippen LogP contribution in [0.1, 0.15) is 50.6 Å². The Bertz CT molecular complexity index is 889. The topological polar surface area (TPSA) is 83.7 Å². The van der Waals surface area contributed by atoms with Gasteiger partial charge in [-0.05, 0) is 36.6 Å². The molecule has 162 valence electrons. The van der Waals surface area contributed by atoms with Crippen molar-refractivity contribution in [3.05, 3.63) is 58.2 Å². The molecule has 1 aliphatic rings. The molecular formula is C22H28FN3O4. The number of ether oxygens (including phenoxy) is 2. The van der Waals surface area contributed by atoms with E-state index in [1.54, 1.807) is 19.1 Å². The van der Waals surface area contributed by atoms with Crippen LogP contribution in [0.3, 0.4) is 0 Å². The Labute approximate surface area is 175 Å².